The van der Waals surface area contributed by atoms with E-state index >= 15 is 0 Å². The van der Waals surface area contributed by atoms with Gasteiger partial charge in [0.2, 0.25) is 6.79 Å². The van der Waals surface area contributed by atoms with Gasteiger partial charge in [-0.1, -0.05) is 6.07 Å². The molecule has 1 atom stereocenters. The highest BCUT2D eigenvalue weighted by atomic mass is 16.7. The van der Waals surface area contributed by atoms with E-state index < -0.39 is 0 Å². The molecule has 0 bridgehead atoms. The molecule has 19 heavy (non-hydrogen) atoms. The summed E-state index contributed by atoms with van der Waals surface area (Å²) in [4.78, 5) is 2.31. The summed E-state index contributed by atoms with van der Waals surface area (Å²) < 4.78 is 10.8. The fourth-order valence-electron chi connectivity index (χ4n) is 3.27. The summed E-state index contributed by atoms with van der Waals surface area (Å²) in [6, 6.07) is 6.10. The topological polar surface area (TPSA) is 41.9 Å². The van der Waals surface area contributed by atoms with Crippen LogP contribution in [-0.4, -0.2) is 43.5 Å². The Morgan fingerprint density at radius 3 is 2.95 bits per heavy atom. The average Bonchev–Trinajstić information content (AvgIpc) is 2.86. The summed E-state index contributed by atoms with van der Waals surface area (Å²) in [5.41, 5.74) is 1.20. The van der Waals surface area contributed by atoms with Gasteiger partial charge in [-0.25, -0.2) is 0 Å². The number of likely N-dealkylation sites (tertiary alicyclic amines) is 1. The first-order chi connectivity index (χ1) is 9.21. The first-order valence-corrected chi connectivity index (χ1v) is 6.89. The molecular formula is C15H21NO3. The first kappa shape index (κ1) is 12.8. The number of hydrogen-bond acceptors (Lipinski definition) is 4. The lowest BCUT2D eigenvalue weighted by Gasteiger charge is -2.40. The van der Waals surface area contributed by atoms with Gasteiger partial charge in [0.15, 0.2) is 11.5 Å². The number of fused-ring (bicyclic) bond motifs is 1. The van der Waals surface area contributed by atoms with E-state index in [4.69, 9.17) is 9.47 Å². The second-order valence-electron chi connectivity index (χ2n) is 5.86. The van der Waals surface area contributed by atoms with Crippen LogP contribution in [-0.2, 0) is 6.42 Å². The number of ether oxygens (including phenoxy) is 2. The van der Waals surface area contributed by atoms with E-state index in [-0.39, 0.29) is 12.0 Å². The lowest BCUT2D eigenvalue weighted by atomic mass is 9.76. The molecule has 2 aliphatic heterocycles. The fourth-order valence-corrected chi connectivity index (χ4v) is 3.27. The van der Waals surface area contributed by atoms with Crippen molar-refractivity contribution < 1.29 is 14.6 Å². The number of rotatable bonds is 3. The molecule has 4 heteroatoms. The Labute approximate surface area is 113 Å². The minimum Gasteiger partial charge on any atom is -0.454 e. The summed E-state index contributed by atoms with van der Waals surface area (Å²) in [6.07, 6.45) is 3.13. The van der Waals surface area contributed by atoms with Crippen LogP contribution in [0.25, 0.3) is 0 Å². The van der Waals surface area contributed by atoms with Crippen LogP contribution in [0.5, 0.6) is 11.5 Å². The summed E-state index contributed by atoms with van der Waals surface area (Å²) >= 11 is 0. The van der Waals surface area contributed by atoms with E-state index in [1.807, 2.05) is 12.1 Å². The smallest absolute Gasteiger partial charge is 0.231 e. The van der Waals surface area contributed by atoms with Gasteiger partial charge >= 0.3 is 0 Å². The van der Waals surface area contributed by atoms with Crippen molar-refractivity contribution in [1.82, 2.24) is 4.90 Å². The largest absolute Gasteiger partial charge is 0.454 e. The van der Waals surface area contributed by atoms with Crippen LogP contribution < -0.4 is 9.47 Å². The summed E-state index contributed by atoms with van der Waals surface area (Å²) in [7, 11) is 2.13. The van der Waals surface area contributed by atoms with Crippen molar-refractivity contribution in [2.45, 2.75) is 19.3 Å². The van der Waals surface area contributed by atoms with E-state index in [2.05, 4.69) is 18.0 Å². The lowest BCUT2D eigenvalue weighted by Crippen LogP contribution is -2.44. The molecule has 0 saturated carbocycles. The van der Waals surface area contributed by atoms with Crippen LogP contribution in [0, 0.1) is 5.41 Å². The summed E-state index contributed by atoms with van der Waals surface area (Å²) in [6.45, 7) is 2.64. The monoisotopic (exact) mass is 263 g/mol. The average molecular weight is 263 g/mol. The number of aliphatic hydroxyl groups is 1. The quantitative estimate of drug-likeness (QED) is 0.900. The third kappa shape index (κ3) is 2.55. The standard InChI is InChI=1S/C15H21NO3/c1-16-6-2-5-15(9-16,10-17)8-12-3-4-13-14(7-12)19-11-18-13/h3-4,7,17H,2,5-6,8-11H2,1H3. The van der Waals surface area contributed by atoms with Crippen LogP contribution in [0.2, 0.25) is 0 Å². The van der Waals surface area contributed by atoms with E-state index in [9.17, 15) is 5.11 Å². The molecule has 1 aromatic rings. The lowest BCUT2D eigenvalue weighted by molar-refractivity contribution is 0.0438. The molecule has 3 rings (SSSR count). The predicted octanol–water partition coefficient (Wildman–Crippen LogP) is 1.66. The summed E-state index contributed by atoms with van der Waals surface area (Å²) in [5.74, 6) is 1.65. The normalized spacial score (nSPS) is 26.6. The first-order valence-electron chi connectivity index (χ1n) is 6.89. The third-order valence-corrected chi connectivity index (χ3v) is 4.20. The van der Waals surface area contributed by atoms with Gasteiger partial charge in [-0.15, -0.1) is 0 Å². The number of hydrogen-bond donors (Lipinski definition) is 1. The maximum atomic E-state index is 9.83. The number of aliphatic hydroxyl groups excluding tert-OH is 1. The van der Waals surface area contributed by atoms with Crippen molar-refractivity contribution in [2.24, 2.45) is 5.41 Å². The van der Waals surface area contributed by atoms with Crippen molar-refractivity contribution in [1.29, 1.82) is 0 Å². The SMILES string of the molecule is CN1CCCC(CO)(Cc2ccc3c(c2)OCO3)C1. The molecule has 4 nitrogen and oxygen atoms in total. The minimum absolute atomic E-state index is 0.0132. The molecule has 0 spiro atoms. The van der Waals surface area contributed by atoms with Crippen LogP contribution in [0.15, 0.2) is 18.2 Å². The maximum Gasteiger partial charge on any atom is 0.231 e. The Bertz CT molecular complexity index is 463. The van der Waals surface area contributed by atoms with Gasteiger partial charge in [-0.3, -0.25) is 0 Å². The van der Waals surface area contributed by atoms with E-state index in [0.29, 0.717) is 6.79 Å². The Morgan fingerprint density at radius 2 is 2.16 bits per heavy atom. The van der Waals surface area contributed by atoms with Crippen LogP contribution >= 0.6 is 0 Å². The van der Waals surface area contributed by atoms with E-state index in [1.54, 1.807) is 0 Å². The number of benzene rings is 1. The molecule has 1 N–H and O–H groups in total. The number of piperidine rings is 1. The van der Waals surface area contributed by atoms with Crippen molar-refractivity contribution >= 4 is 0 Å². The highest BCUT2D eigenvalue weighted by Crippen LogP contribution is 2.37. The Balaban J connectivity index is 1.79. The molecule has 104 valence electrons. The highest BCUT2D eigenvalue weighted by Gasteiger charge is 2.34. The second-order valence-corrected chi connectivity index (χ2v) is 5.86. The maximum absolute atomic E-state index is 9.83. The van der Waals surface area contributed by atoms with Gasteiger partial charge in [0.25, 0.3) is 0 Å². The van der Waals surface area contributed by atoms with Crippen molar-refractivity contribution in [2.75, 3.05) is 33.5 Å². The van der Waals surface area contributed by atoms with Crippen molar-refractivity contribution in [3.8, 4) is 11.5 Å². The highest BCUT2D eigenvalue weighted by molar-refractivity contribution is 5.44. The minimum atomic E-state index is -0.0132. The van der Waals surface area contributed by atoms with Crippen molar-refractivity contribution in [3.63, 3.8) is 0 Å². The molecule has 1 saturated heterocycles. The van der Waals surface area contributed by atoms with Gasteiger partial charge in [-0.05, 0) is 50.6 Å². The van der Waals surface area contributed by atoms with Crippen molar-refractivity contribution in [3.05, 3.63) is 23.8 Å². The summed E-state index contributed by atoms with van der Waals surface area (Å²) in [5, 5.41) is 9.83. The predicted molar refractivity (Wildman–Crippen MR) is 72.5 cm³/mol. The van der Waals surface area contributed by atoms with E-state index in [1.165, 1.54) is 5.56 Å². The zero-order valence-electron chi connectivity index (χ0n) is 11.4. The fraction of sp³-hybridized carbons (Fsp3) is 0.600. The molecule has 2 aliphatic rings. The van der Waals surface area contributed by atoms with Crippen LogP contribution in [0.3, 0.4) is 0 Å². The molecular weight excluding hydrogens is 242 g/mol. The molecule has 1 aromatic carbocycles. The van der Waals surface area contributed by atoms with Crippen LogP contribution in [0.1, 0.15) is 18.4 Å². The third-order valence-electron chi connectivity index (χ3n) is 4.20. The van der Waals surface area contributed by atoms with Gasteiger partial charge in [0.05, 0.1) is 6.61 Å². The molecule has 0 amide bonds. The Morgan fingerprint density at radius 1 is 1.32 bits per heavy atom. The van der Waals surface area contributed by atoms with Crippen LogP contribution in [0.4, 0.5) is 0 Å². The molecule has 0 radical (unpaired) electrons. The van der Waals surface area contributed by atoms with Gasteiger partial charge in [0, 0.05) is 12.0 Å². The molecule has 1 unspecified atom stereocenters. The molecule has 1 fully saturated rings. The number of nitrogens with zero attached hydrogens (tertiary/aromatic N) is 1. The zero-order valence-corrected chi connectivity index (χ0v) is 11.4. The Hall–Kier alpha value is -1.26. The van der Waals surface area contributed by atoms with Gasteiger partial charge in [-0.2, -0.15) is 0 Å². The zero-order chi connectivity index (χ0) is 13.3. The molecule has 0 aliphatic carbocycles. The Kier molecular flexibility index (Phi) is 3.37. The van der Waals surface area contributed by atoms with Gasteiger partial charge in [0.1, 0.15) is 0 Å². The second kappa shape index (κ2) is 5.02. The van der Waals surface area contributed by atoms with E-state index in [0.717, 1.165) is 43.9 Å². The molecule has 2 heterocycles. The molecule has 0 aromatic heterocycles. The van der Waals surface area contributed by atoms with Gasteiger partial charge < -0.3 is 19.5 Å².